The van der Waals surface area contributed by atoms with Crippen LogP contribution < -0.4 is 5.73 Å². The van der Waals surface area contributed by atoms with Crippen molar-refractivity contribution >= 4 is 17.5 Å². The Kier molecular flexibility index (Phi) is 4.30. The van der Waals surface area contributed by atoms with E-state index >= 15 is 0 Å². The van der Waals surface area contributed by atoms with Crippen LogP contribution in [0.1, 0.15) is 29.8 Å². The van der Waals surface area contributed by atoms with E-state index in [-0.39, 0.29) is 5.91 Å². The molecule has 0 aliphatic carbocycles. The molecule has 4 nitrogen and oxygen atoms in total. The molecule has 1 aliphatic heterocycles. The Morgan fingerprint density at radius 1 is 1.50 bits per heavy atom. The van der Waals surface area contributed by atoms with Crippen LogP contribution in [-0.4, -0.2) is 35.0 Å². The van der Waals surface area contributed by atoms with E-state index in [0.717, 1.165) is 38.9 Å². The van der Waals surface area contributed by atoms with Gasteiger partial charge in [0.2, 0.25) is 0 Å². The number of aromatic nitrogens is 1. The normalized spacial score (nSPS) is 17.2. The number of likely N-dealkylation sites (tertiary alicyclic amines) is 1. The lowest BCUT2D eigenvalue weighted by molar-refractivity contribution is 0.0678. The van der Waals surface area contributed by atoms with E-state index < -0.39 is 0 Å². The molecule has 0 unspecified atom stereocenters. The topological polar surface area (TPSA) is 51.3 Å². The second-order valence-corrected chi connectivity index (χ2v) is 5.40. The van der Waals surface area contributed by atoms with Gasteiger partial charge in [0.25, 0.3) is 5.91 Å². The van der Waals surface area contributed by atoms with Gasteiger partial charge < -0.3 is 15.2 Å². The summed E-state index contributed by atoms with van der Waals surface area (Å²) in [4.78, 5) is 14.2. The van der Waals surface area contributed by atoms with E-state index in [2.05, 4.69) is 0 Å². The van der Waals surface area contributed by atoms with Crippen molar-refractivity contribution in [1.29, 1.82) is 0 Å². The molecule has 0 bridgehead atoms. The van der Waals surface area contributed by atoms with E-state index in [1.54, 1.807) is 16.8 Å². The van der Waals surface area contributed by atoms with Crippen molar-refractivity contribution in [3.05, 3.63) is 23.0 Å². The molecule has 1 aliphatic rings. The second kappa shape index (κ2) is 5.76. The summed E-state index contributed by atoms with van der Waals surface area (Å²) in [6.07, 6.45) is 4.94. The summed E-state index contributed by atoms with van der Waals surface area (Å²) in [7, 11) is 1.85. The summed E-state index contributed by atoms with van der Waals surface area (Å²) in [5.74, 6) is 0.756. The average molecular weight is 270 g/mol. The van der Waals surface area contributed by atoms with Crippen LogP contribution in [-0.2, 0) is 7.05 Å². The Bertz CT molecular complexity index is 422. The number of halogens is 1. The maximum atomic E-state index is 12.3. The van der Waals surface area contributed by atoms with E-state index in [1.807, 2.05) is 11.9 Å². The van der Waals surface area contributed by atoms with Gasteiger partial charge in [-0.25, -0.2) is 0 Å². The Labute approximate surface area is 113 Å². The number of hydrogen-bond donors (Lipinski definition) is 1. The molecule has 2 N–H and O–H groups in total. The van der Waals surface area contributed by atoms with Crippen LogP contribution in [0.4, 0.5) is 0 Å². The summed E-state index contributed by atoms with van der Waals surface area (Å²) in [5.41, 5.74) is 6.23. The summed E-state index contributed by atoms with van der Waals surface area (Å²) < 4.78 is 1.79. The Morgan fingerprint density at radius 3 is 2.67 bits per heavy atom. The zero-order valence-electron chi connectivity index (χ0n) is 10.7. The van der Waals surface area contributed by atoms with Gasteiger partial charge in [-0.05, 0) is 37.8 Å². The first-order valence-electron chi connectivity index (χ1n) is 6.43. The summed E-state index contributed by atoms with van der Waals surface area (Å²) >= 11 is 5.91. The first-order valence-corrected chi connectivity index (χ1v) is 6.81. The van der Waals surface area contributed by atoms with Crippen molar-refractivity contribution in [1.82, 2.24) is 9.47 Å². The van der Waals surface area contributed by atoms with Crippen LogP contribution in [0.2, 0.25) is 5.02 Å². The van der Waals surface area contributed by atoms with Gasteiger partial charge in [-0.1, -0.05) is 11.6 Å². The number of aryl methyl sites for hydroxylation is 1. The second-order valence-electron chi connectivity index (χ2n) is 4.97. The number of piperidine rings is 1. The maximum Gasteiger partial charge on any atom is 0.270 e. The molecule has 2 heterocycles. The monoisotopic (exact) mass is 269 g/mol. The van der Waals surface area contributed by atoms with Crippen molar-refractivity contribution in [2.45, 2.75) is 19.3 Å². The molecule has 0 saturated carbocycles. The average Bonchev–Trinajstić information content (AvgIpc) is 2.69. The molecule has 0 radical (unpaired) electrons. The lowest BCUT2D eigenvalue weighted by Crippen LogP contribution is -2.39. The number of carbonyl (C=O) groups is 1. The van der Waals surface area contributed by atoms with Gasteiger partial charge in [-0.15, -0.1) is 0 Å². The number of nitrogens with zero attached hydrogens (tertiary/aromatic N) is 2. The quantitative estimate of drug-likeness (QED) is 0.911. The molecule has 5 heteroatoms. The molecule has 18 heavy (non-hydrogen) atoms. The first-order chi connectivity index (χ1) is 8.61. The predicted molar refractivity (Wildman–Crippen MR) is 72.7 cm³/mol. The van der Waals surface area contributed by atoms with Crippen LogP contribution in [0.5, 0.6) is 0 Å². The van der Waals surface area contributed by atoms with Crippen LogP contribution >= 0.6 is 11.6 Å². The van der Waals surface area contributed by atoms with Crippen LogP contribution in [0, 0.1) is 5.92 Å². The van der Waals surface area contributed by atoms with E-state index in [1.165, 1.54) is 0 Å². The molecule has 0 atom stereocenters. The minimum atomic E-state index is 0.0793. The number of carbonyl (C=O) groups excluding carboxylic acids is 1. The highest BCUT2D eigenvalue weighted by Gasteiger charge is 2.24. The van der Waals surface area contributed by atoms with Crippen molar-refractivity contribution in [2.75, 3.05) is 19.6 Å². The van der Waals surface area contributed by atoms with Gasteiger partial charge >= 0.3 is 0 Å². The number of nitrogens with two attached hydrogens (primary N) is 1. The lowest BCUT2D eigenvalue weighted by atomic mass is 9.93. The summed E-state index contributed by atoms with van der Waals surface area (Å²) in [6, 6.07) is 1.73. The molecule has 1 fully saturated rings. The van der Waals surface area contributed by atoms with Gasteiger partial charge in [0.1, 0.15) is 5.69 Å². The number of hydrogen-bond acceptors (Lipinski definition) is 2. The zero-order chi connectivity index (χ0) is 13.1. The third kappa shape index (κ3) is 2.87. The molecule has 1 saturated heterocycles. The molecule has 1 amide bonds. The fourth-order valence-corrected chi connectivity index (χ4v) is 2.81. The fourth-order valence-electron chi connectivity index (χ4n) is 2.56. The third-order valence-corrected chi connectivity index (χ3v) is 3.87. The van der Waals surface area contributed by atoms with Crippen molar-refractivity contribution < 1.29 is 4.79 Å². The van der Waals surface area contributed by atoms with Gasteiger partial charge in [-0.2, -0.15) is 0 Å². The van der Waals surface area contributed by atoms with Gasteiger partial charge in [0, 0.05) is 26.3 Å². The lowest BCUT2D eigenvalue weighted by Gasteiger charge is -2.31. The zero-order valence-corrected chi connectivity index (χ0v) is 11.5. The van der Waals surface area contributed by atoms with E-state index in [0.29, 0.717) is 16.6 Å². The standard InChI is InChI=1S/C13H20ClN3O/c1-16-9-11(14)8-12(16)13(18)17-6-3-10(2-5-15)4-7-17/h8-10H,2-7,15H2,1H3. The smallest absolute Gasteiger partial charge is 0.270 e. The minimum Gasteiger partial charge on any atom is -0.345 e. The number of amides is 1. The fraction of sp³-hybridized carbons (Fsp3) is 0.615. The molecule has 1 aromatic heterocycles. The van der Waals surface area contributed by atoms with Gasteiger partial charge in [-0.3, -0.25) is 4.79 Å². The highest BCUT2D eigenvalue weighted by atomic mass is 35.5. The molecular formula is C13H20ClN3O. The van der Waals surface area contributed by atoms with E-state index in [4.69, 9.17) is 17.3 Å². The van der Waals surface area contributed by atoms with Crippen molar-refractivity contribution in [3.63, 3.8) is 0 Å². The van der Waals surface area contributed by atoms with Gasteiger partial charge in [0.05, 0.1) is 5.02 Å². The minimum absolute atomic E-state index is 0.0793. The molecule has 100 valence electrons. The third-order valence-electron chi connectivity index (χ3n) is 3.67. The van der Waals surface area contributed by atoms with Crippen molar-refractivity contribution in [3.8, 4) is 0 Å². The van der Waals surface area contributed by atoms with E-state index in [9.17, 15) is 4.79 Å². The highest BCUT2D eigenvalue weighted by Crippen LogP contribution is 2.22. The predicted octanol–water partition coefficient (Wildman–Crippen LogP) is 1.88. The molecule has 1 aromatic rings. The Morgan fingerprint density at radius 2 is 2.17 bits per heavy atom. The Hall–Kier alpha value is -1.00. The SMILES string of the molecule is Cn1cc(Cl)cc1C(=O)N1CCC(CCN)CC1. The summed E-state index contributed by atoms with van der Waals surface area (Å²) in [6.45, 7) is 2.39. The number of rotatable bonds is 3. The van der Waals surface area contributed by atoms with Crippen molar-refractivity contribution in [2.24, 2.45) is 18.7 Å². The maximum absolute atomic E-state index is 12.3. The highest BCUT2D eigenvalue weighted by molar-refractivity contribution is 6.31. The van der Waals surface area contributed by atoms with Crippen LogP contribution in [0.25, 0.3) is 0 Å². The first kappa shape index (κ1) is 13.4. The summed E-state index contributed by atoms with van der Waals surface area (Å²) in [5, 5.41) is 0.610. The van der Waals surface area contributed by atoms with Crippen LogP contribution in [0.3, 0.4) is 0 Å². The largest absolute Gasteiger partial charge is 0.345 e. The Balaban J connectivity index is 1.97. The molecule has 0 spiro atoms. The van der Waals surface area contributed by atoms with Crippen LogP contribution in [0.15, 0.2) is 12.3 Å². The van der Waals surface area contributed by atoms with Gasteiger partial charge in [0.15, 0.2) is 0 Å². The molecular weight excluding hydrogens is 250 g/mol. The molecule has 2 rings (SSSR count). The molecule has 0 aromatic carbocycles.